The Bertz CT molecular complexity index is 1720. The van der Waals surface area contributed by atoms with Crippen molar-refractivity contribution in [3.8, 4) is 22.8 Å². The Morgan fingerprint density at radius 3 is 2.55 bits per heavy atom. The first-order chi connectivity index (χ1) is 20.4. The Morgan fingerprint density at radius 2 is 1.81 bits per heavy atom. The molecular formula is C32H31N7O3. The summed E-state index contributed by atoms with van der Waals surface area (Å²) in [6, 6.07) is 20.5. The van der Waals surface area contributed by atoms with E-state index in [2.05, 4.69) is 44.6 Å². The summed E-state index contributed by atoms with van der Waals surface area (Å²) in [6.07, 6.45) is 5.00. The first kappa shape index (κ1) is 27.1. The molecule has 0 spiro atoms. The third kappa shape index (κ3) is 4.97. The molecule has 1 aliphatic heterocycles. The van der Waals surface area contributed by atoms with Crippen molar-refractivity contribution >= 4 is 23.1 Å². The first-order valence-electron chi connectivity index (χ1n) is 13.8. The van der Waals surface area contributed by atoms with Crippen molar-refractivity contribution in [1.82, 2.24) is 25.0 Å². The largest absolute Gasteiger partial charge is 0.394 e. The van der Waals surface area contributed by atoms with Crippen LogP contribution in [0.2, 0.25) is 0 Å². The average molecular weight is 562 g/mol. The predicted molar refractivity (Wildman–Crippen MR) is 160 cm³/mol. The summed E-state index contributed by atoms with van der Waals surface area (Å²) < 4.78 is 5.65. The number of carbonyl (C=O) groups excluding carboxylic acids is 1. The number of nitrogens with zero attached hydrogens (tertiary/aromatic N) is 5. The number of anilines is 3. The summed E-state index contributed by atoms with van der Waals surface area (Å²) in [4.78, 5) is 28.1. The minimum absolute atomic E-state index is 0.0414. The molecule has 212 valence electrons. The van der Waals surface area contributed by atoms with Crippen LogP contribution in [0.15, 0.2) is 89.8 Å². The van der Waals surface area contributed by atoms with Gasteiger partial charge in [-0.3, -0.25) is 9.78 Å². The van der Waals surface area contributed by atoms with Gasteiger partial charge in [-0.2, -0.15) is 4.98 Å². The number of nitrogens with one attached hydrogen (secondary N) is 2. The van der Waals surface area contributed by atoms with Gasteiger partial charge in [0, 0.05) is 48.0 Å². The Labute approximate surface area is 243 Å². The minimum Gasteiger partial charge on any atom is -0.394 e. The zero-order valence-electron chi connectivity index (χ0n) is 23.6. The topological polar surface area (TPSA) is 129 Å². The average Bonchev–Trinajstić information content (AvgIpc) is 3.57. The van der Waals surface area contributed by atoms with E-state index < -0.39 is 11.6 Å². The molecule has 10 heteroatoms. The van der Waals surface area contributed by atoms with Crippen molar-refractivity contribution < 1.29 is 14.4 Å². The van der Waals surface area contributed by atoms with E-state index in [1.807, 2.05) is 66.4 Å². The third-order valence-corrected chi connectivity index (χ3v) is 7.63. The highest BCUT2D eigenvalue weighted by Gasteiger charge is 2.42. The van der Waals surface area contributed by atoms with Crippen LogP contribution < -0.4 is 10.6 Å². The molecule has 2 aromatic carbocycles. The van der Waals surface area contributed by atoms with E-state index in [9.17, 15) is 9.90 Å². The summed E-state index contributed by atoms with van der Waals surface area (Å²) in [5.74, 6) is 1.32. The fourth-order valence-electron chi connectivity index (χ4n) is 5.42. The molecule has 3 aromatic heterocycles. The molecule has 0 aliphatic carbocycles. The lowest BCUT2D eigenvalue weighted by molar-refractivity contribution is 0.0635. The second-order valence-corrected chi connectivity index (χ2v) is 10.6. The lowest BCUT2D eigenvalue weighted by atomic mass is 9.93. The maximum atomic E-state index is 12.9. The van der Waals surface area contributed by atoms with Crippen molar-refractivity contribution in [2.45, 2.75) is 32.4 Å². The minimum atomic E-state index is -0.419. The van der Waals surface area contributed by atoms with E-state index >= 15 is 0 Å². The highest BCUT2D eigenvalue weighted by atomic mass is 16.5. The van der Waals surface area contributed by atoms with Crippen LogP contribution in [0, 0.1) is 0 Å². The fraction of sp³-hybridized carbons (Fsp3) is 0.219. The molecular weight excluding hydrogens is 530 g/mol. The molecule has 4 heterocycles. The molecule has 6 rings (SSSR count). The second-order valence-electron chi connectivity index (χ2n) is 10.6. The van der Waals surface area contributed by atoms with Gasteiger partial charge in [-0.05, 0) is 62.2 Å². The lowest BCUT2D eigenvalue weighted by Gasteiger charge is -2.31. The zero-order valence-corrected chi connectivity index (χ0v) is 23.6. The summed E-state index contributed by atoms with van der Waals surface area (Å²) in [6.45, 7) is 6.60. The number of carbonyl (C=O) groups is 1. The number of aromatic nitrogens is 4. The number of rotatable bonds is 9. The van der Waals surface area contributed by atoms with Gasteiger partial charge in [0.2, 0.25) is 5.82 Å². The number of benzene rings is 2. The van der Waals surface area contributed by atoms with Crippen LogP contribution in [0.25, 0.3) is 22.8 Å². The van der Waals surface area contributed by atoms with E-state index in [4.69, 9.17) is 4.52 Å². The van der Waals surface area contributed by atoms with Gasteiger partial charge in [-0.1, -0.05) is 35.5 Å². The number of pyridine rings is 2. The normalized spacial score (nSPS) is 14.5. The van der Waals surface area contributed by atoms with Crippen LogP contribution in [0.5, 0.6) is 0 Å². The number of aliphatic hydroxyl groups is 1. The standard InChI is InChI=1S/C32H31N7O3/c1-4-39-31(41)23-11-10-22(16-25(23)32(39,2)3)35-28-17-26(36-27(19-40)20-8-6-5-7-9-20)24(18-34-28)30-37-29(38-42-30)21-12-14-33-15-13-21/h5-18,27,40H,4,19H2,1-3H3,(H2,34,35,36)/t27-/m1/s1. The summed E-state index contributed by atoms with van der Waals surface area (Å²) in [5.41, 5.74) is 5.00. The maximum absolute atomic E-state index is 12.9. The van der Waals surface area contributed by atoms with E-state index in [0.717, 1.165) is 22.4 Å². The molecule has 5 aromatic rings. The van der Waals surface area contributed by atoms with Crippen molar-refractivity contribution in [1.29, 1.82) is 0 Å². The second kappa shape index (κ2) is 11.1. The van der Waals surface area contributed by atoms with Crippen LogP contribution in [-0.2, 0) is 5.54 Å². The number of hydrogen-bond donors (Lipinski definition) is 3. The van der Waals surface area contributed by atoms with Crippen LogP contribution in [0.3, 0.4) is 0 Å². The summed E-state index contributed by atoms with van der Waals surface area (Å²) in [7, 11) is 0. The molecule has 3 N–H and O–H groups in total. The highest BCUT2D eigenvalue weighted by molar-refractivity contribution is 6.00. The highest BCUT2D eigenvalue weighted by Crippen LogP contribution is 2.40. The van der Waals surface area contributed by atoms with Gasteiger partial charge in [0.25, 0.3) is 11.8 Å². The Morgan fingerprint density at radius 1 is 1.02 bits per heavy atom. The summed E-state index contributed by atoms with van der Waals surface area (Å²) in [5, 5.41) is 21.3. The number of fused-ring (bicyclic) bond motifs is 1. The molecule has 10 nitrogen and oxygen atoms in total. The van der Waals surface area contributed by atoms with E-state index in [1.165, 1.54) is 0 Å². The number of aliphatic hydroxyl groups excluding tert-OH is 1. The molecule has 0 unspecified atom stereocenters. The monoisotopic (exact) mass is 561 g/mol. The van der Waals surface area contributed by atoms with Crippen LogP contribution in [-0.4, -0.2) is 49.2 Å². The smallest absolute Gasteiger partial charge is 0.261 e. The third-order valence-electron chi connectivity index (χ3n) is 7.63. The van der Waals surface area contributed by atoms with Gasteiger partial charge in [-0.25, -0.2) is 4.98 Å². The van der Waals surface area contributed by atoms with Gasteiger partial charge in [-0.15, -0.1) is 0 Å². The first-order valence-corrected chi connectivity index (χ1v) is 13.8. The van der Waals surface area contributed by atoms with E-state index in [-0.39, 0.29) is 18.4 Å². The number of hydrogen-bond acceptors (Lipinski definition) is 9. The molecule has 1 atom stereocenters. The molecule has 0 saturated carbocycles. The molecule has 0 bridgehead atoms. The van der Waals surface area contributed by atoms with Gasteiger partial charge in [0.15, 0.2) is 0 Å². The zero-order chi connectivity index (χ0) is 29.3. The van der Waals surface area contributed by atoms with Gasteiger partial charge >= 0.3 is 0 Å². The number of amides is 1. The fourth-order valence-corrected chi connectivity index (χ4v) is 5.42. The van der Waals surface area contributed by atoms with E-state index in [1.54, 1.807) is 30.7 Å². The lowest BCUT2D eigenvalue weighted by Crippen LogP contribution is -2.38. The van der Waals surface area contributed by atoms with Gasteiger partial charge < -0.3 is 25.2 Å². The quantitative estimate of drug-likeness (QED) is 0.205. The molecule has 1 amide bonds. The van der Waals surface area contributed by atoms with Crippen LogP contribution in [0.4, 0.5) is 17.2 Å². The Kier molecular flexibility index (Phi) is 7.13. The van der Waals surface area contributed by atoms with Gasteiger partial charge in [0.1, 0.15) is 5.82 Å². The molecule has 42 heavy (non-hydrogen) atoms. The molecule has 0 fully saturated rings. The van der Waals surface area contributed by atoms with Crippen molar-refractivity contribution in [3.05, 3.63) is 102 Å². The molecule has 0 radical (unpaired) electrons. The van der Waals surface area contributed by atoms with Crippen LogP contribution >= 0.6 is 0 Å². The van der Waals surface area contributed by atoms with Gasteiger partial charge in [0.05, 0.1) is 29.4 Å². The van der Waals surface area contributed by atoms with Crippen molar-refractivity contribution in [3.63, 3.8) is 0 Å². The Balaban J connectivity index is 1.36. The SMILES string of the molecule is CCN1C(=O)c2ccc(Nc3cc(N[C@H](CO)c4ccccc4)c(-c4nc(-c5ccncc5)no4)cn3)cc2C1(C)C. The van der Waals surface area contributed by atoms with Crippen molar-refractivity contribution in [2.24, 2.45) is 0 Å². The molecule has 0 saturated heterocycles. The van der Waals surface area contributed by atoms with E-state index in [0.29, 0.717) is 35.0 Å². The molecule has 1 aliphatic rings. The predicted octanol–water partition coefficient (Wildman–Crippen LogP) is 5.79. The van der Waals surface area contributed by atoms with Crippen LogP contribution in [0.1, 0.15) is 48.3 Å². The maximum Gasteiger partial charge on any atom is 0.261 e. The van der Waals surface area contributed by atoms with Crippen molar-refractivity contribution in [2.75, 3.05) is 23.8 Å². The Hall–Kier alpha value is -5.09. The summed E-state index contributed by atoms with van der Waals surface area (Å²) >= 11 is 0.